The minimum absolute atomic E-state index is 0.502. The second-order valence-electron chi connectivity index (χ2n) is 6.99. The van der Waals surface area contributed by atoms with Crippen molar-refractivity contribution >= 4 is 23.2 Å². The Bertz CT molecular complexity index is 875. The normalized spacial score (nSPS) is 11.3. The van der Waals surface area contributed by atoms with E-state index in [2.05, 4.69) is 31.3 Å². The molecule has 0 fully saturated rings. The molecule has 1 heterocycles. The highest BCUT2D eigenvalue weighted by molar-refractivity contribution is 6.35. The Kier molecular flexibility index (Phi) is 6.89. The van der Waals surface area contributed by atoms with Gasteiger partial charge >= 0.3 is 0 Å². The maximum absolute atomic E-state index is 6.31. The summed E-state index contributed by atoms with van der Waals surface area (Å²) in [5.41, 5.74) is 3.84. The predicted octanol–water partition coefficient (Wildman–Crippen LogP) is 5.44. The summed E-state index contributed by atoms with van der Waals surface area (Å²) in [5.74, 6) is 0.675. The molecule has 1 N–H and O–H groups in total. The van der Waals surface area contributed by atoms with E-state index in [4.69, 9.17) is 33.4 Å². The Hall–Kier alpha value is -1.88. The number of nitrogens with one attached hydrogen (secondary N) is 1. The molecule has 0 saturated carbocycles. The minimum Gasteiger partial charge on any atom is -0.311 e. The monoisotopic (exact) mass is 402 g/mol. The van der Waals surface area contributed by atoms with Crippen LogP contribution in [0.2, 0.25) is 10.0 Å². The molecule has 0 amide bonds. The number of halogens is 2. The molecule has 0 unspecified atom stereocenters. The first kappa shape index (κ1) is 19.9. The lowest BCUT2D eigenvalue weighted by Crippen LogP contribution is -2.17. The van der Waals surface area contributed by atoms with Crippen molar-refractivity contribution in [1.29, 1.82) is 0 Å². The van der Waals surface area contributed by atoms with E-state index in [0.717, 1.165) is 35.5 Å². The molecule has 27 heavy (non-hydrogen) atoms. The number of aromatic nitrogens is 3. The summed E-state index contributed by atoms with van der Waals surface area (Å²) < 4.78 is 0. The quantitative estimate of drug-likeness (QED) is 0.510. The second kappa shape index (κ2) is 9.36. The van der Waals surface area contributed by atoms with Crippen LogP contribution in [0.4, 0.5) is 0 Å². The van der Waals surface area contributed by atoms with Crippen LogP contribution in [0.15, 0.2) is 48.5 Å². The van der Waals surface area contributed by atoms with Gasteiger partial charge in [-0.1, -0.05) is 73.4 Å². The Balaban J connectivity index is 1.82. The van der Waals surface area contributed by atoms with Crippen molar-refractivity contribution in [2.45, 2.75) is 33.4 Å². The summed E-state index contributed by atoms with van der Waals surface area (Å²) >= 11 is 12.3. The molecule has 0 aliphatic heterocycles. The molecule has 0 bridgehead atoms. The highest BCUT2D eigenvalue weighted by atomic mass is 35.5. The standard InChI is InChI=1S/C21H24Cl2N4/c1-15(2)10-11-24-13-20-21(16-6-4-3-5-7-16)26-27(25-20)14-17-8-9-18(22)12-19(17)23/h3-9,12,15,24H,10-11,13-14H2,1-2H3. The summed E-state index contributed by atoms with van der Waals surface area (Å²) in [6.07, 6.45) is 1.13. The molecule has 4 nitrogen and oxygen atoms in total. The SMILES string of the molecule is CC(C)CCNCc1nn(Cc2ccc(Cl)cc2Cl)nc1-c1ccccc1. The number of hydrogen-bond acceptors (Lipinski definition) is 3. The zero-order valence-electron chi connectivity index (χ0n) is 15.6. The third-order valence-corrected chi connectivity index (χ3v) is 4.88. The zero-order chi connectivity index (χ0) is 19.2. The molecule has 0 radical (unpaired) electrons. The van der Waals surface area contributed by atoms with Gasteiger partial charge in [0, 0.05) is 22.2 Å². The van der Waals surface area contributed by atoms with Crippen LogP contribution in [0.5, 0.6) is 0 Å². The molecule has 0 saturated heterocycles. The van der Waals surface area contributed by atoms with Crippen LogP contribution in [-0.2, 0) is 13.1 Å². The maximum atomic E-state index is 6.31. The Morgan fingerprint density at radius 1 is 1.04 bits per heavy atom. The summed E-state index contributed by atoms with van der Waals surface area (Å²) in [6, 6.07) is 15.6. The Morgan fingerprint density at radius 2 is 1.81 bits per heavy atom. The van der Waals surface area contributed by atoms with Gasteiger partial charge in [-0.3, -0.25) is 0 Å². The molecular formula is C21H24Cl2N4. The topological polar surface area (TPSA) is 42.7 Å². The van der Waals surface area contributed by atoms with Crippen LogP contribution in [0.3, 0.4) is 0 Å². The Labute approximate surface area is 170 Å². The predicted molar refractivity (Wildman–Crippen MR) is 112 cm³/mol. The summed E-state index contributed by atoms with van der Waals surface area (Å²) in [7, 11) is 0. The van der Waals surface area contributed by atoms with Gasteiger partial charge < -0.3 is 5.32 Å². The fourth-order valence-corrected chi connectivity index (χ4v) is 3.26. The molecule has 3 rings (SSSR count). The highest BCUT2D eigenvalue weighted by Crippen LogP contribution is 2.23. The fourth-order valence-electron chi connectivity index (χ4n) is 2.79. The average molecular weight is 403 g/mol. The lowest BCUT2D eigenvalue weighted by Gasteiger charge is -2.06. The van der Waals surface area contributed by atoms with Crippen molar-refractivity contribution < 1.29 is 0 Å². The molecule has 0 aliphatic rings. The van der Waals surface area contributed by atoms with E-state index in [0.29, 0.717) is 29.1 Å². The third-order valence-electron chi connectivity index (χ3n) is 4.29. The van der Waals surface area contributed by atoms with Crippen LogP contribution < -0.4 is 5.32 Å². The Morgan fingerprint density at radius 3 is 2.52 bits per heavy atom. The van der Waals surface area contributed by atoms with Crippen LogP contribution in [-0.4, -0.2) is 21.5 Å². The first-order chi connectivity index (χ1) is 13.0. The van der Waals surface area contributed by atoms with E-state index in [9.17, 15) is 0 Å². The van der Waals surface area contributed by atoms with E-state index in [1.165, 1.54) is 0 Å². The molecule has 3 aromatic rings. The van der Waals surface area contributed by atoms with Gasteiger partial charge in [-0.05, 0) is 36.6 Å². The average Bonchev–Trinajstić information content (AvgIpc) is 3.04. The molecule has 1 aromatic heterocycles. The van der Waals surface area contributed by atoms with Gasteiger partial charge in [-0.15, -0.1) is 0 Å². The fraction of sp³-hybridized carbons (Fsp3) is 0.333. The van der Waals surface area contributed by atoms with E-state index in [-0.39, 0.29) is 0 Å². The molecule has 142 valence electrons. The third kappa shape index (κ3) is 5.55. The first-order valence-corrected chi connectivity index (χ1v) is 9.92. The van der Waals surface area contributed by atoms with Crippen molar-refractivity contribution in [3.63, 3.8) is 0 Å². The van der Waals surface area contributed by atoms with Gasteiger partial charge in [0.2, 0.25) is 0 Å². The molecule has 0 atom stereocenters. The van der Waals surface area contributed by atoms with Gasteiger partial charge in [0.25, 0.3) is 0 Å². The number of hydrogen-bond donors (Lipinski definition) is 1. The number of rotatable bonds is 8. The van der Waals surface area contributed by atoms with Crippen LogP contribution >= 0.6 is 23.2 Å². The molecule has 6 heteroatoms. The van der Waals surface area contributed by atoms with Crippen LogP contribution in [0.1, 0.15) is 31.5 Å². The minimum atomic E-state index is 0.502. The number of benzene rings is 2. The summed E-state index contributed by atoms with van der Waals surface area (Å²) in [4.78, 5) is 1.71. The zero-order valence-corrected chi connectivity index (χ0v) is 17.1. The van der Waals surface area contributed by atoms with Gasteiger partial charge in [0.15, 0.2) is 0 Å². The highest BCUT2D eigenvalue weighted by Gasteiger charge is 2.14. The largest absolute Gasteiger partial charge is 0.311 e. The lowest BCUT2D eigenvalue weighted by atomic mass is 10.1. The van der Waals surface area contributed by atoms with Gasteiger partial charge in [0.05, 0.1) is 6.54 Å². The van der Waals surface area contributed by atoms with Crippen LogP contribution in [0, 0.1) is 5.92 Å². The maximum Gasteiger partial charge on any atom is 0.117 e. The molecular weight excluding hydrogens is 379 g/mol. The summed E-state index contributed by atoms with van der Waals surface area (Å²) in [6.45, 7) is 6.60. The van der Waals surface area contributed by atoms with Gasteiger partial charge in [-0.2, -0.15) is 15.0 Å². The molecule has 2 aromatic carbocycles. The van der Waals surface area contributed by atoms with E-state index in [1.807, 2.05) is 30.3 Å². The van der Waals surface area contributed by atoms with E-state index in [1.54, 1.807) is 10.9 Å². The van der Waals surface area contributed by atoms with Gasteiger partial charge in [0.1, 0.15) is 11.4 Å². The lowest BCUT2D eigenvalue weighted by molar-refractivity contribution is 0.529. The van der Waals surface area contributed by atoms with Crippen molar-refractivity contribution in [2.75, 3.05) is 6.54 Å². The first-order valence-electron chi connectivity index (χ1n) is 9.17. The summed E-state index contributed by atoms with van der Waals surface area (Å²) in [5, 5.41) is 14.2. The van der Waals surface area contributed by atoms with Crippen LogP contribution in [0.25, 0.3) is 11.3 Å². The second-order valence-corrected chi connectivity index (χ2v) is 7.83. The van der Waals surface area contributed by atoms with Crippen molar-refractivity contribution in [3.8, 4) is 11.3 Å². The van der Waals surface area contributed by atoms with Crippen molar-refractivity contribution in [3.05, 3.63) is 69.8 Å². The van der Waals surface area contributed by atoms with E-state index >= 15 is 0 Å². The molecule has 0 aliphatic carbocycles. The van der Waals surface area contributed by atoms with Gasteiger partial charge in [-0.25, -0.2) is 0 Å². The number of nitrogens with zero attached hydrogens (tertiary/aromatic N) is 3. The smallest absolute Gasteiger partial charge is 0.117 e. The molecule has 0 spiro atoms. The van der Waals surface area contributed by atoms with E-state index < -0.39 is 0 Å². The van der Waals surface area contributed by atoms with Crippen molar-refractivity contribution in [2.24, 2.45) is 5.92 Å². The van der Waals surface area contributed by atoms with Crippen molar-refractivity contribution in [1.82, 2.24) is 20.3 Å².